The van der Waals surface area contributed by atoms with Crippen LogP contribution in [-0.2, 0) is 9.84 Å². The average molecular weight is 311 g/mol. The van der Waals surface area contributed by atoms with E-state index in [-0.39, 0.29) is 11.8 Å². The number of rotatable bonds is 2. The molecule has 1 N–H and O–H groups in total. The molecule has 1 aromatic carbocycles. The van der Waals surface area contributed by atoms with Crippen molar-refractivity contribution in [2.75, 3.05) is 19.0 Å². The number of nitrogens with one attached hydrogen (secondary N) is 1. The molecule has 0 amide bonds. The SMILES string of the molecule is CC(C)NC1CCS(=O)(=O)c2cc3c(cc21)OCCCO3. The van der Waals surface area contributed by atoms with Gasteiger partial charge >= 0.3 is 0 Å². The molecule has 2 aliphatic heterocycles. The Bertz CT molecular complexity index is 639. The summed E-state index contributed by atoms with van der Waals surface area (Å²) in [5.74, 6) is 1.36. The highest BCUT2D eigenvalue weighted by Crippen LogP contribution is 2.41. The molecule has 1 aromatic rings. The fraction of sp³-hybridized carbons (Fsp3) is 0.600. The number of benzene rings is 1. The third-order valence-electron chi connectivity index (χ3n) is 3.80. The monoisotopic (exact) mass is 311 g/mol. The number of fused-ring (bicyclic) bond motifs is 2. The van der Waals surface area contributed by atoms with E-state index in [1.807, 2.05) is 6.07 Å². The Balaban J connectivity index is 2.10. The molecule has 0 bridgehead atoms. The summed E-state index contributed by atoms with van der Waals surface area (Å²) in [6.07, 6.45) is 1.40. The molecule has 0 saturated heterocycles. The first-order valence-corrected chi connectivity index (χ1v) is 9.05. The zero-order valence-corrected chi connectivity index (χ0v) is 13.2. The van der Waals surface area contributed by atoms with E-state index in [4.69, 9.17) is 9.47 Å². The van der Waals surface area contributed by atoms with E-state index in [2.05, 4.69) is 19.2 Å². The lowest BCUT2D eigenvalue weighted by Gasteiger charge is -2.29. The number of ether oxygens (including phenoxy) is 2. The van der Waals surface area contributed by atoms with Crippen molar-refractivity contribution in [1.29, 1.82) is 0 Å². The van der Waals surface area contributed by atoms with Crippen LogP contribution in [0.5, 0.6) is 11.5 Å². The van der Waals surface area contributed by atoms with Crippen LogP contribution >= 0.6 is 0 Å². The molecule has 1 unspecified atom stereocenters. The Morgan fingerprint density at radius 1 is 1.19 bits per heavy atom. The summed E-state index contributed by atoms with van der Waals surface area (Å²) in [5, 5.41) is 3.44. The van der Waals surface area contributed by atoms with Gasteiger partial charge in [-0.05, 0) is 18.1 Å². The summed E-state index contributed by atoms with van der Waals surface area (Å²) in [6, 6.07) is 3.81. The van der Waals surface area contributed by atoms with Gasteiger partial charge in [0.25, 0.3) is 0 Å². The molecule has 2 aliphatic rings. The van der Waals surface area contributed by atoms with Crippen molar-refractivity contribution in [2.24, 2.45) is 0 Å². The molecule has 6 heteroatoms. The van der Waals surface area contributed by atoms with Crippen LogP contribution in [0.3, 0.4) is 0 Å². The van der Waals surface area contributed by atoms with E-state index in [1.165, 1.54) is 0 Å². The van der Waals surface area contributed by atoms with E-state index in [0.29, 0.717) is 42.1 Å². The molecule has 3 rings (SSSR count). The highest BCUT2D eigenvalue weighted by atomic mass is 32.2. The minimum atomic E-state index is -3.23. The van der Waals surface area contributed by atoms with Crippen molar-refractivity contribution in [3.8, 4) is 11.5 Å². The van der Waals surface area contributed by atoms with Gasteiger partial charge < -0.3 is 14.8 Å². The lowest BCUT2D eigenvalue weighted by Crippen LogP contribution is -2.33. The normalized spacial score (nSPS) is 23.5. The van der Waals surface area contributed by atoms with Crippen molar-refractivity contribution in [3.63, 3.8) is 0 Å². The maximum Gasteiger partial charge on any atom is 0.178 e. The molecule has 2 heterocycles. The standard InChI is InChI=1S/C15H21NO4S/c1-10(2)16-12-4-7-21(17,18)15-9-14-13(8-11(12)15)19-5-3-6-20-14/h8-10,12,16H,3-7H2,1-2H3. The molecule has 0 saturated carbocycles. The molecule has 21 heavy (non-hydrogen) atoms. The third kappa shape index (κ3) is 2.87. The predicted octanol–water partition coefficient (Wildman–Crippen LogP) is 2.06. The predicted molar refractivity (Wildman–Crippen MR) is 79.7 cm³/mol. The maximum atomic E-state index is 12.4. The van der Waals surface area contributed by atoms with Crippen molar-refractivity contribution < 1.29 is 17.9 Å². The van der Waals surface area contributed by atoms with Gasteiger partial charge in [-0.25, -0.2) is 8.42 Å². The van der Waals surface area contributed by atoms with Gasteiger partial charge in [0, 0.05) is 24.6 Å². The zero-order chi connectivity index (χ0) is 15.0. The Morgan fingerprint density at radius 3 is 2.52 bits per heavy atom. The molecule has 0 aromatic heterocycles. The summed E-state index contributed by atoms with van der Waals surface area (Å²) in [5.41, 5.74) is 0.805. The van der Waals surface area contributed by atoms with E-state index < -0.39 is 9.84 Å². The van der Waals surface area contributed by atoms with E-state index >= 15 is 0 Å². The van der Waals surface area contributed by atoms with Gasteiger partial charge in [0.05, 0.1) is 23.9 Å². The van der Waals surface area contributed by atoms with Crippen LogP contribution in [0.2, 0.25) is 0 Å². The number of sulfone groups is 1. The van der Waals surface area contributed by atoms with E-state index in [9.17, 15) is 8.42 Å². The van der Waals surface area contributed by atoms with Crippen LogP contribution in [0.1, 0.15) is 38.3 Å². The molecule has 0 fully saturated rings. The van der Waals surface area contributed by atoms with Gasteiger partial charge in [-0.2, -0.15) is 0 Å². The van der Waals surface area contributed by atoms with Crippen LogP contribution in [0.15, 0.2) is 17.0 Å². The van der Waals surface area contributed by atoms with Crippen LogP contribution in [0.25, 0.3) is 0 Å². The first kappa shape index (κ1) is 14.7. The molecule has 5 nitrogen and oxygen atoms in total. The third-order valence-corrected chi connectivity index (χ3v) is 5.60. The molecule has 0 spiro atoms. The topological polar surface area (TPSA) is 64.6 Å². The second kappa shape index (κ2) is 5.50. The highest BCUT2D eigenvalue weighted by molar-refractivity contribution is 7.91. The van der Waals surface area contributed by atoms with Crippen LogP contribution < -0.4 is 14.8 Å². The largest absolute Gasteiger partial charge is 0.490 e. The molecule has 1 atom stereocenters. The van der Waals surface area contributed by atoms with Gasteiger partial charge in [-0.3, -0.25) is 0 Å². The Labute approximate surface area is 125 Å². The molecular formula is C15H21NO4S. The second-order valence-electron chi connectivity index (χ2n) is 5.87. The summed E-state index contributed by atoms with van der Waals surface area (Å²) >= 11 is 0. The lowest BCUT2D eigenvalue weighted by atomic mass is 10.0. The van der Waals surface area contributed by atoms with Gasteiger partial charge in [-0.15, -0.1) is 0 Å². The summed E-state index contributed by atoms with van der Waals surface area (Å²) in [6.45, 7) is 5.28. The van der Waals surface area contributed by atoms with Crippen molar-refractivity contribution in [2.45, 2.75) is 43.7 Å². The van der Waals surface area contributed by atoms with Crippen LogP contribution in [-0.4, -0.2) is 33.4 Å². The fourth-order valence-electron chi connectivity index (χ4n) is 2.86. The minimum absolute atomic E-state index is 0.0423. The summed E-state index contributed by atoms with van der Waals surface area (Å²) in [7, 11) is -3.23. The quantitative estimate of drug-likeness (QED) is 0.906. The average Bonchev–Trinajstić information content (AvgIpc) is 2.65. The smallest absolute Gasteiger partial charge is 0.178 e. The van der Waals surface area contributed by atoms with Crippen LogP contribution in [0.4, 0.5) is 0 Å². The van der Waals surface area contributed by atoms with E-state index in [1.54, 1.807) is 6.07 Å². The molecule has 0 radical (unpaired) electrons. The maximum absolute atomic E-state index is 12.4. The second-order valence-corrected chi connectivity index (χ2v) is 7.95. The van der Waals surface area contributed by atoms with Crippen molar-refractivity contribution in [1.82, 2.24) is 5.32 Å². The van der Waals surface area contributed by atoms with Gasteiger partial charge in [-0.1, -0.05) is 13.8 Å². The Morgan fingerprint density at radius 2 is 1.86 bits per heavy atom. The lowest BCUT2D eigenvalue weighted by molar-refractivity contribution is 0.296. The van der Waals surface area contributed by atoms with Crippen LogP contribution in [0, 0.1) is 0 Å². The van der Waals surface area contributed by atoms with Crippen molar-refractivity contribution in [3.05, 3.63) is 17.7 Å². The molecular weight excluding hydrogens is 290 g/mol. The molecule has 116 valence electrons. The number of hydrogen-bond acceptors (Lipinski definition) is 5. The fourth-order valence-corrected chi connectivity index (χ4v) is 4.47. The van der Waals surface area contributed by atoms with Gasteiger partial charge in [0.15, 0.2) is 21.3 Å². The first-order valence-electron chi connectivity index (χ1n) is 7.40. The van der Waals surface area contributed by atoms with Gasteiger partial charge in [0.1, 0.15) is 0 Å². The Kier molecular flexibility index (Phi) is 3.84. The first-order chi connectivity index (χ1) is 9.97. The van der Waals surface area contributed by atoms with E-state index in [0.717, 1.165) is 12.0 Å². The summed E-state index contributed by atoms with van der Waals surface area (Å²) < 4.78 is 36.0. The number of hydrogen-bond donors (Lipinski definition) is 1. The van der Waals surface area contributed by atoms with Crippen molar-refractivity contribution >= 4 is 9.84 Å². The Hall–Kier alpha value is -1.27. The van der Waals surface area contributed by atoms with Gasteiger partial charge in [0.2, 0.25) is 0 Å². The zero-order valence-electron chi connectivity index (χ0n) is 12.4. The molecule has 0 aliphatic carbocycles. The summed E-state index contributed by atoms with van der Waals surface area (Å²) in [4.78, 5) is 0.385. The highest BCUT2D eigenvalue weighted by Gasteiger charge is 2.32. The minimum Gasteiger partial charge on any atom is -0.490 e.